The summed E-state index contributed by atoms with van der Waals surface area (Å²) in [5.41, 5.74) is 1.15. The molecule has 1 amide bonds. The fraction of sp³-hybridized carbons (Fsp3) is 0.385. The average Bonchev–Trinajstić information content (AvgIpc) is 2.61. The molecule has 0 unspecified atom stereocenters. The summed E-state index contributed by atoms with van der Waals surface area (Å²) in [6, 6.07) is 5.53. The van der Waals surface area contributed by atoms with Crippen LogP contribution in [-0.2, 0) is 4.79 Å². The van der Waals surface area contributed by atoms with Gasteiger partial charge in [-0.1, -0.05) is 19.8 Å². The molecule has 0 saturated heterocycles. The Kier molecular flexibility index (Phi) is 3.84. The van der Waals surface area contributed by atoms with Gasteiger partial charge in [-0.3, -0.25) is 9.59 Å². The van der Waals surface area contributed by atoms with E-state index in [0.717, 1.165) is 10.6 Å². The minimum atomic E-state index is -0.520. The van der Waals surface area contributed by atoms with Crippen LogP contribution < -0.4 is 5.32 Å². The number of carbonyl (C=O) groups is 2. The number of rotatable bonds is 5. The zero-order valence-electron chi connectivity index (χ0n) is 9.79. The van der Waals surface area contributed by atoms with Gasteiger partial charge in [0.2, 0.25) is 0 Å². The van der Waals surface area contributed by atoms with E-state index in [4.69, 9.17) is 0 Å². The Labute approximate surface area is 105 Å². The maximum atomic E-state index is 11.4. The molecule has 0 aromatic heterocycles. The number of nitrogens with one attached hydrogen (secondary N) is 1. The van der Waals surface area contributed by atoms with Gasteiger partial charge in [0.15, 0.2) is 0 Å². The predicted octanol–water partition coefficient (Wildman–Crippen LogP) is 3.10. The average molecular weight is 249 g/mol. The highest BCUT2D eigenvalue weighted by atomic mass is 32.2. The highest BCUT2D eigenvalue weighted by molar-refractivity contribution is 7.99. The lowest BCUT2D eigenvalue weighted by molar-refractivity contribution is -0.112. The summed E-state index contributed by atoms with van der Waals surface area (Å²) in [6.45, 7) is 2.18. The molecule has 1 aliphatic rings. The van der Waals surface area contributed by atoms with Gasteiger partial charge < -0.3 is 5.32 Å². The summed E-state index contributed by atoms with van der Waals surface area (Å²) >= 11 is 1.77. The van der Waals surface area contributed by atoms with E-state index in [9.17, 15) is 9.59 Å². The SMILES string of the molecule is CCCCCSc1ccc2c(c1)NC(=O)C2=O. The minimum absolute atomic E-state index is 0.428. The minimum Gasteiger partial charge on any atom is -0.318 e. The molecule has 0 bridgehead atoms. The first-order chi connectivity index (χ1) is 8.22. The predicted molar refractivity (Wildman–Crippen MR) is 69.7 cm³/mol. The third kappa shape index (κ3) is 2.69. The van der Waals surface area contributed by atoms with Gasteiger partial charge in [0.05, 0.1) is 11.3 Å². The molecule has 1 aromatic rings. The zero-order valence-corrected chi connectivity index (χ0v) is 10.6. The maximum Gasteiger partial charge on any atom is 0.296 e. The van der Waals surface area contributed by atoms with E-state index in [2.05, 4.69) is 12.2 Å². The molecule has 17 heavy (non-hydrogen) atoms. The summed E-state index contributed by atoms with van der Waals surface area (Å²) < 4.78 is 0. The van der Waals surface area contributed by atoms with Crippen molar-refractivity contribution in [1.82, 2.24) is 0 Å². The number of ketones is 1. The number of unbranched alkanes of at least 4 members (excludes halogenated alkanes) is 2. The number of amides is 1. The molecular formula is C13H15NO2S. The van der Waals surface area contributed by atoms with Crippen molar-refractivity contribution in [1.29, 1.82) is 0 Å². The third-order valence-electron chi connectivity index (χ3n) is 2.71. The molecule has 1 aromatic carbocycles. The van der Waals surface area contributed by atoms with Crippen LogP contribution >= 0.6 is 11.8 Å². The number of hydrogen-bond acceptors (Lipinski definition) is 3. The van der Waals surface area contributed by atoms with Crippen LogP contribution in [0.3, 0.4) is 0 Å². The van der Waals surface area contributed by atoms with Gasteiger partial charge in [0, 0.05) is 4.90 Å². The van der Waals surface area contributed by atoms with Gasteiger partial charge in [-0.25, -0.2) is 0 Å². The Bertz CT molecular complexity index is 457. The van der Waals surface area contributed by atoms with E-state index in [1.54, 1.807) is 17.8 Å². The van der Waals surface area contributed by atoms with Crippen LogP contribution in [0.2, 0.25) is 0 Å². The van der Waals surface area contributed by atoms with E-state index in [0.29, 0.717) is 11.3 Å². The number of carbonyl (C=O) groups excluding carboxylic acids is 2. The largest absolute Gasteiger partial charge is 0.318 e. The Hall–Kier alpha value is -1.29. The second-order valence-electron chi connectivity index (χ2n) is 4.05. The Morgan fingerprint density at radius 2 is 2.06 bits per heavy atom. The third-order valence-corrected chi connectivity index (χ3v) is 3.79. The van der Waals surface area contributed by atoms with Gasteiger partial charge in [0.25, 0.3) is 11.7 Å². The van der Waals surface area contributed by atoms with Crippen LogP contribution in [0, 0.1) is 0 Å². The van der Waals surface area contributed by atoms with E-state index in [1.807, 2.05) is 12.1 Å². The molecule has 0 saturated carbocycles. The van der Waals surface area contributed by atoms with Crippen LogP contribution in [-0.4, -0.2) is 17.4 Å². The van der Waals surface area contributed by atoms with Gasteiger partial charge in [-0.15, -0.1) is 11.8 Å². The Morgan fingerprint density at radius 3 is 2.82 bits per heavy atom. The molecule has 0 atom stereocenters. The summed E-state index contributed by atoms with van der Waals surface area (Å²) in [6.07, 6.45) is 3.66. The van der Waals surface area contributed by atoms with Gasteiger partial charge in [-0.05, 0) is 30.4 Å². The van der Waals surface area contributed by atoms with Crippen LogP contribution in [0.5, 0.6) is 0 Å². The number of hydrogen-bond donors (Lipinski definition) is 1. The summed E-state index contributed by atoms with van der Waals surface area (Å²) in [5, 5.41) is 2.59. The van der Waals surface area contributed by atoms with E-state index < -0.39 is 11.7 Å². The molecule has 1 N–H and O–H groups in total. The van der Waals surface area contributed by atoms with Crippen molar-refractivity contribution in [3.8, 4) is 0 Å². The Morgan fingerprint density at radius 1 is 1.24 bits per heavy atom. The molecule has 3 nitrogen and oxygen atoms in total. The number of thioether (sulfide) groups is 1. The fourth-order valence-corrected chi connectivity index (χ4v) is 2.71. The Balaban J connectivity index is 2.01. The highest BCUT2D eigenvalue weighted by Crippen LogP contribution is 2.29. The topological polar surface area (TPSA) is 46.2 Å². The molecule has 0 spiro atoms. The summed E-state index contributed by atoms with van der Waals surface area (Å²) in [4.78, 5) is 23.7. The molecule has 0 aliphatic carbocycles. The molecule has 4 heteroatoms. The van der Waals surface area contributed by atoms with Crippen LogP contribution in [0.15, 0.2) is 23.1 Å². The lowest BCUT2D eigenvalue weighted by atomic mass is 10.1. The lowest BCUT2D eigenvalue weighted by Gasteiger charge is -2.03. The van der Waals surface area contributed by atoms with E-state index >= 15 is 0 Å². The van der Waals surface area contributed by atoms with Crippen molar-refractivity contribution in [3.05, 3.63) is 23.8 Å². The van der Waals surface area contributed by atoms with Crippen LogP contribution in [0.4, 0.5) is 5.69 Å². The molecule has 2 rings (SSSR count). The van der Waals surface area contributed by atoms with Crippen molar-refractivity contribution >= 4 is 29.1 Å². The van der Waals surface area contributed by atoms with Crippen molar-refractivity contribution in [2.45, 2.75) is 31.1 Å². The maximum absolute atomic E-state index is 11.4. The molecule has 1 heterocycles. The van der Waals surface area contributed by atoms with Gasteiger partial charge >= 0.3 is 0 Å². The number of anilines is 1. The first-order valence-electron chi connectivity index (χ1n) is 5.85. The number of benzene rings is 1. The molecule has 0 radical (unpaired) electrons. The van der Waals surface area contributed by atoms with Crippen LogP contribution in [0.1, 0.15) is 36.5 Å². The monoisotopic (exact) mass is 249 g/mol. The fourth-order valence-electron chi connectivity index (χ4n) is 1.76. The quantitative estimate of drug-likeness (QED) is 0.495. The van der Waals surface area contributed by atoms with Crippen molar-refractivity contribution in [2.75, 3.05) is 11.1 Å². The highest BCUT2D eigenvalue weighted by Gasteiger charge is 2.27. The lowest BCUT2D eigenvalue weighted by Crippen LogP contribution is -2.12. The second kappa shape index (κ2) is 5.36. The van der Waals surface area contributed by atoms with Crippen molar-refractivity contribution in [2.24, 2.45) is 0 Å². The molecule has 90 valence electrons. The summed E-state index contributed by atoms with van der Waals surface area (Å²) in [7, 11) is 0. The van der Waals surface area contributed by atoms with Gasteiger partial charge in [0.1, 0.15) is 0 Å². The normalized spacial score (nSPS) is 13.7. The first-order valence-corrected chi connectivity index (χ1v) is 6.83. The summed E-state index contributed by atoms with van der Waals surface area (Å²) in [5.74, 6) is 0.129. The molecular weight excluding hydrogens is 234 g/mol. The van der Waals surface area contributed by atoms with Gasteiger partial charge in [-0.2, -0.15) is 0 Å². The molecule has 1 aliphatic heterocycles. The zero-order chi connectivity index (χ0) is 12.3. The van der Waals surface area contributed by atoms with E-state index in [-0.39, 0.29) is 0 Å². The van der Waals surface area contributed by atoms with Crippen LogP contribution in [0.25, 0.3) is 0 Å². The number of fused-ring (bicyclic) bond motifs is 1. The smallest absolute Gasteiger partial charge is 0.296 e. The molecule has 0 fully saturated rings. The second-order valence-corrected chi connectivity index (χ2v) is 5.21. The van der Waals surface area contributed by atoms with Crippen molar-refractivity contribution < 1.29 is 9.59 Å². The number of Topliss-reactive ketones (excluding diaryl/α,β-unsaturated/α-hetero) is 1. The first kappa shape index (κ1) is 12.2. The van der Waals surface area contributed by atoms with Crippen molar-refractivity contribution in [3.63, 3.8) is 0 Å². The van der Waals surface area contributed by atoms with E-state index in [1.165, 1.54) is 19.3 Å². The standard InChI is InChI=1S/C13H15NO2S/c1-2-3-4-7-17-9-5-6-10-11(8-9)14-13(16)12(10)15/h5-6,8H,2-4,7H2,1H3,(H,14,15,16).